The third-order valence-corrected chi connectivity index (χ3v) is 2.20. The van der Waals surface area contributed by atoms with E-state index in [0.717, 1.165) is 6.54 Å². The Morgan fingerprint density at radius 2 is 2.15 bits per heavy atom. The normalized spacial score (nSPS) is 10.8. The molecule has 0 radical (unpaired) electrons. The first-order chi connectivity index (χ1) is 6.00. The minimum Gasteiger partial charge on any atom is -0.394 e. The van der Waals surface area contributed by atoms with Gasteiger partial charge in [-0.3, -0.25) is 4.79 Å². The lowest BCUT2D eigenvalue weighted by Gasteiger charge is -2.10. The monoisotopic (exact) mass is 244 g/mol. The summed E-state index contributed by atoms with van der Waals surface area (Å²) in [5, 5.41) is 0. The van der Waals surface area contributed by atoms with Crippen LogP contribution in [0.1, 0.15) is 13.8 Å². The van der Waals surface area contributed by atoms with Gasteiger partial charge in [-0.15, -0.1) is 0 Å². The van der Waals surface area contributed by atoms with Crippen molar-refractivity contribution in [2.24, 2.45) is 5.92 Å². The fourth-order valence-corrected chi connectivity index (χ4v) is 1.64. The Balaban J connectivity index is 3.06. The lowest BCUT2D eigenvalue weighted by atomic mass is 10.2. The zero-order valence-corrected chi connectivity index (χ0v) is 9.34. The van der Waals surface area contributed by atoms with E-state index < -0.39 is 0 Å². The van der Waals surface area contributed by atoms with Crippen LogP contribution < -0.4 is 11.2 Å². The van der Waals surface area contributed by atoms with Gasteiger partial charge in [-0.05, 0) is 21.8 Å². The predicted octanol–water partition coefficient (Wildman–Crippen LogP) is 1.85. The van der Waals surface area contributed by atoms with Gasteiger partial charge < -0.3 is 10.3 Å². The van der Waals surface area contributed by atoms with Crippen molar-refractivity contribution in [2.75, 3.05) is 5.73 Å². The van der Waals surface area contributed by atoms with Gasteiger partial charge in [0.05, 0.1) is 10.2 Å². The van der Waals surface area contributed by atoms with Gasteiger partial charge in [0, 0.05) is 18.9 Å². The van der Waals surface area contributed by atoms with Gasteiger partial charge in [0.2, 0.25) is 5.43 Å². The second kappa shape index (κ2) is 3.96. The molecule has 1 heterocycles. The highest BCUT2D eigenvalue weighted by Crippen LogP contribution is 2.08. The molecule has 1 aromatic rings. The molecule has 0 fully saturated rings. The van der Waals surface area contributed by atoms with Gasteiger partial charge in [-0.25, -0.2) is 0 Å². The fourth-order valence-electron chi connectivity index (χ4n) is 1.14. The minimum absolute atomic E-state index is 0.139. The number of nitrogens with two attached hydrogens (primary N) is 1. The van der Waals surface area contributed by atoms with Crippen molar-refractivity contribution < 1.29 is 0 Å². The van der Waals surface area contributed by atoms with Gasteiger partial charge in [0.1, 0.15) is 0 Å². The van der Waals surface area contributed by atoms with Crippen LogP contribution >= 0.6 is 15.9 Å². The van der Waals surface area contributed by atoms with Gasteiger partial charge >= 0.3 is 0 Å². The molecular formula is C9H13BrN2O. The largest absolute Gasteiger partial charge is 0.394 e. The minimum atomic E-state index is -0.139. The summed E-state index contributed by atoms with van der Waals surface area (Å²) in [6, 6.07) is 0. The molecule has 0 saturated carbocycles. The third-order valence-electron chi connectivity index (χ3n) is 1.64. The average molecular weight is 245 g/mol. The molecule has 0 amide bonds. The highest BCUT2D eigenvalue weighted by molar-refractivity contribution is 9.10. The van der Waals surface area contributed by atoms with Crippen LogP contribution in [0.3, 0.4) is 0 Å². The zero-order chi connectivity index (χ0) is 10.0. The summed E-state index contributed by atoms with van der Waals surface area (Å²) in [5.41, 5.74) is 5.68. The number of aromatic nitrogens is 1. The van der Waals surface area contributed by atoms with E-state index in [1.165, 1.54) is 0 Å². The molecule has 0 aliphatic heterocycles. The number of hydrogen-bond donors (Lipinski definition) is 1. The van der Waals surface area contributed by atoms with Gasteiger partial charge in [0.15, 0.2) is 0 Å². The molecule has 0 aliphatic rings. The Hall–Kier alpha value is -0.770. The molecule has 0 spiro atoms. The Kier molecular flexibility index (Phi) is 3.14. The molecule has 0 atom stereocenters. The maximum atomic E-state index is 11.2. The van der Waals surface area contributed by atoms with Crippen molar-refractivity contribution in [1.29, 1.82) is 0 Å². The van der Waals surface area contributed by atoms with Crippen molar-refractivity contribution in [3.63, 3.8) is 0 Å². The van der Waals surface area contributed by atoms with Crippen molar-refractivity contribution in [3.05, 3.63) is 27.1 Å². The molecule has 1 rings (SSSR count). The molecule has 0 bridgehead atoms. The van der Waals surface area contributed by atoms with E-state index >= 15 is 0 Å². The second-order valence-electron chi connectivity index (χ2n) is 3.48. The van der Waals surface area contributed by atoms with Crippen molar-refractivity contribution in [3.8, 4) is 0 Å². The standard InChI is InChI=1S/C9H13BrN2O/c1-6(2)3-12-4-7(10)9(13)8(11)5-12/h4-6H,3,11H2,1-2H3. The number of pyridine rings is 1. The SMILES string of the molecule is CC(C)Cn1cc(N)c(=O)c(Br)c1. The van der Waals surface area contributed by atoms with Crippen LogP contribution in [-0.2, 0) is 6.54 Å². The maximum Gasteiger partial charge on any atom is 0.218 e. The topological polar surface area (TPSA) is 48.0 Å². The molecule has 13 heavy (non-hydrogen) atoms. The summed E-state index contributed by atoms with van der Waals surface area (Å²) < 4.78 is 2.44. The summed E-state index contributed by atoms with van der Waals surface area (Å²) in [5.74, 6) is 0.536. The highest BCUT2D eigenvalue weighted by Gasteiger charge is 2.02. The first-order valence-electron chi connectivity index (χ1n) is 4.15. The molecule has 0 saturated heterocycles. The lowest BCUT2D eigenvalue weighted by molar-refractivity contribution is 0.520. The zero-order valence-electron chi connectivity index (χ0n) is 7.75. The Morgan fingerprint density at radius 3 is 2.62 bits per heavy atom. The van der Waals surface area contributed by atoms with Gasteiger partial charge in [-0.2, -0.15) is 0 Å². The Labute approximate surface area is 85.7 Å². The smallest absolute Gasteiger partial charge is 0.218 e. The Bertz CT molecular complexity index is 331. The quantitative estimate of drug-likeness (QED) is 0.864. The average Bonchev–Trinajstić information content (AvgIpc) is 1.98. The van der Waals surface area contributed by atoms with E-state index in [4.69, 9.17) is 5.73 Å². The fraction of sp³-hybridized carbons (Fsp3) is 0.444. The van der Waals surface area contributed by atoms with Crippen LogP contribution in [-0.4, -0.2) is 4.57 Å². The first kappa shape index (κ1) is 10.3. The summed E-state index contributed by atoms with van der Waals surface area (Å²) in [7, 11) is 0. The molecule has 3 nitrogen and oxygen atoms in total. The van der Waals surface area contributed by atoms with E-state index in [1.54, 1.807) is 12.4 Å². The van der Waals surface area contributed by atoms with E-state index in [1.807, 2.05) is 4.57 Å². The maximum absolute atomic E-state index is 11.2. The number of nitrogens with zero attached hydrogens (tertiary/aromatic N) is 1. The van der Waals surface area contributed by atoms with Crippen LogP contribution in [0.4, 0.5) is 5.69 Å². The highest BCUT2D eigenvalue weighted by atomic mass is 79.9. The molecule has 0 aliphatic carbocycles. The van der Waals surface area contributed by atoms with E-state index in [-0.39, 0.29) is 11.1 Å². The van der Waals surface area contributed by atoms with Crippen LogP contribution in [0.15, 0.2) is 21.7 Å². The number of anilines is 1. The first-order valence-corrected chi connectivity index (χ1v) is 4.95. The molecular weight excluding hydrogens is 232 g/mol. The van der Waals surface area contributed by atoms with Crippen LogP contribution in [0.5, 0.6) is 0 Å². The predicted molar refractivity (Wildman–Crippen MR) is 57.7 cm³/mol. The van der Waals surface area contributed by atoms with Gasteiger partial charge in [0.25, 0.3) is 0 Å². The number of rotatable bonds is 2. The third kappa shape index (κ3) is 2.59. The van der Waals surface area contributed by atoms with E-state index in [9.17, 15) is 4.79 Å². The molecule has 1 aromatic heterocycles. The van der Waals surface area contributed by atoms with Crippen molar-refractivity contribution in [1.82, 2.24) is 4.57 Å². The summed E-state index contributed by atoms with van der Waals surface area (Å²) in [6.07, 6.45) is 3.44. The molecule has 72 valence electrons. The second-order valence-corrected chi connectivity index (χ2v) is 4.34. The molecule has 0 unspecified atom stereocenters. The molecule has 4 heteroatoms. The van der Waals surface area contributed by atoms with Crippen molar-refractivity contribution in [2.45, 2.75) is 20.4 Å². The number of hydrogen-bond acceptors (Lipinski definition) is 2. The van der Waals surface area contributed by atoms with Crippen LogP contribution in [0.2, 0.25) is 0 Å². The van der Waals surface area contributed by atoms with Crippen LogP contribution in [0.25, 0.3) is 0 Å². The molecule has 2 N–H and O–H groups in total. The summed E-state index contributed by atoms with van der Waals surface area (Å²) in [6.45, 7) is 5.09. The molecule has 0 aromatic carbocycles. The number of nitrogen functional groups attached to an aromatic ring is 1. The van der Waals surface area contributed by atoms with Crippen LogP contribution in [0, 0.1) is 5.92 Å². The number of halogens is 1. The Morgan fingerprint density at radius 1 is 1.54 bits per heavy atom. The van der Waals surface area contributed by atoms with E-state index in [2.05, 4.69) is 29.8 Å². The lowest BCUT2D eigenvalue weighted by Crippen LogP contribution is -2.14. The van der Waals surface area contributed by atoms with E-state index in [0.29, 0.717) is 10.4 Å². The van der Waals surface area contributed by atoms with Gasteiger partial charge in [-0.1, -0.05) is 13.8 Å². The van der Waals surface area contributed by atoms with Crippen molar-refractivity contribution >= 4 is 21.6 Å². The summed E-state index contributed by atoms with van der Waals surface area (Å²) >= 11 is 3.17. The summed E-state index contributed by atoms with van der Waals surface area (Å²) in [4.78, 5) is 11.2.